The molecule has 0 aliphatic carbocycles. The van der Waals surface area contributed by atoms with E-state index in [1.54, 1.807) is 0 Å². The molecule has 2 aromatic heterocycles. The number of hydrogen-bond donors (Lipinski definition) is 1. The van der Waals surface area contributed by atoms with Crippen LogP contribution in [0, 0.1) is 6.92 Å². The SMILES string of the molecule is Cc1nc(-c2nn[nH]n2)ns1. The molecular weight excluding hydrogens is 164 g/mol. The van der Waals surface area contributed by atoms with Gasteiger partial charge in [-0.15, -0.1) is 10.2 Å². The third kappa shape index (κ3) is 1.09. The standard InChI is InChI=1S/C4H4N6S/c1-2-5-3(8-11-2)4-6-9-10-7-4/h1H3,(H,6,7,9,10). The molecule has 2 aromatic rings. The van der Waals surface area contributed by atoms with Gasteiger partial charge >= 0.3 is 0 Å². The second kappa shape index (κ2) is 2.35. The minimum absolute atomic E-state index is 0.439. The van der Waals surface area contributed by atoms with Gasteiger partial charge in [-0.1, -0.05) is 0 Å². The number of nitrogens with zero attached hydrogens (tertiary/aromatic N) is 5. The van der Waals surface area contributed by atoms with Gasteiger partial charge in [0.25, 0.3) is 0 Å². The summed E-state index contributed by atoms with van der Waals surface area (Å²) in [6.07, 6.45) is 0. The maximum atomic E-state index is 4.08. The Balaban J connectivity index is 2.45. The van der Waals surface area contributed by atoms with E-state index in [0.717, 1.165) is 5.01 Å². The van der Waals surface area contributed by atoms with Gasteiger partial charge < -0.3 is 0 Å². The highest BCUT2D eigenvalue weighted by atomic mass is 32.1. The number of tetrazole rings is 1. The number of aromatic nitrogens is 6. The summed E-state index contributed by atoms with van der Waals surface area (Å²) in [6.45, 7) is 1.88. The maximum absolute atomic E-state index is 4.08. The number of aryl methyl sites for hydroxylation is 1. The summed E-state index contributed by atoms with van der Waals surface area (Å²) in [5, 5.41) is 14.1. The second-order valence-corrected chi connectivity index (χ2v) is 2.83. The van der Waals surface area contributed by atoms with Crippen molar-refractivity contribution >= 4 is 11.5 Å². The van der Waals surface area contributed by atoms with E-state index in [4.69, 9.17) is 0 Å². The van der Waals surface area contributed by atoms with Gasteiger partial charge in [-0.25, -0.2) is 4.98 Å². The first-order valence-electron chi connectivity index (χ1n) is 2.90. The van der Waals surface area contributed by atoms with Gasteiger partial charge in [0, 0.05) is 0 Å². The van der Waals surface area contributed by atoms with Gasteiger partial charge in [-0.2, -0.15) is 9.59 Å². The van der Waals surface area contributed by atoms with Crippen LogP contribution in [0.4, 0.5) is 0 Å². The lowest BCUT2D eigenvalue weighted by Gasteiger charge is -1.78. The van der Waals surface area contributed by atoms with E-state index in [1.807, 2.05) is 6.92 Å². The van der Waals surface area contributed by atoms with Crippen molar-refractivity contribution in [1.82, 2.24) is 30.0 Å². The van der Waals surface area contributed by atoms with Crippen molar-refractivity contribution in [3.8, 4) is 11.6 Å². The molecule has 56 valence electrons. The van der Waals surface area contributed by atoms with Crippen molar-refractivity contribution in [2.24, 2.45) is 0 Å². The largest absolute Gasteiger partial charge is 0.242 e. The lowest BCUT2D eigenvalue weighted by Crippen LogP contribution is -1.82. The minimum atomic E-state index is 0.439. The van der Waals surface area contributed by atoms with Crippen molar-refractivity contribution in [1.29, 1.82) is 0 Å². The highest BCUT2D eigenvalue weighted by Gasteiger charge is 2.07. The molecule has 0 spiro atoms. The van der Waals surface area contributed by atoms with Crippen LogP contribution in [0.2, 0.25) is 0 Å². The van der Waals surface area contributed by atoms with Crippen LogP contribution < -0.4 is 0 Å². The molecule has 0 unspecified atom stereocenters. The normalized spacial score (nSPS) is 10.3. The fourth-order valence-electron chi connectivity index (χ4n) is 0.647. The smallest absolute Gasteiger partial charge is 0.217 e. The molecule has 11 heavy (non-hydrogen) atoms. The van der Waals surface area contributed by atoms with E-state index in [9.17, 15) is 0 Å². The lowest BCUT2D eigenvalue weighted by atomic mass is 10.6. The Morgan fingerprint density at radius 2 is 2.27 bits per heavy atom. The predicted molar refractivity (Wildman–Crippen MR) is 37.8 cm³/mol. The van der Waals surface area contributed by atoms with Gasteiger partial charge in [-0.05, 0) is 23.7 Å². The summed E-state index contributed by atoms with van der Waals surface area (Å²) >= 11 is 1.32. The number of aromatic amines is 1. The van der Waals surface area contributed by atoms with Gasteiger partial charge in [0.1, 0.15) is 5.01 Å². The van der Waals surface area contributed by atoms with Crippen LogP contribution in [0.25, 0.3) is 11.6 Å². The van der Waals surface area contributed by atoms with Crippen molar-refractivity contribution in [2.45, 2.75) is 6.92 Å². The molecule has 1 N–H and O–H groups in total. The minimum Gasteiger partial charge on any atom is -0.217 e. The third-order valence-electron chi connectivity index (χ3n) is 1.07. The molecule has 0 aliphatic heterocycles. The summed E-state index contributed by atoms with van der Waals surface area (Å²) in [7, 11) is 0. The predicted octanol–water partition coefficient (Wildman–Crippen LogP) is 0.0266. The molecule has 6 nitrogen and oxygen atoms in total. The van der Waals surface area contributed by atoms with Crippen LogP contribution in [-0.2, 0) is 0 Å². The molecule has 0 atom stereocenters. The highest BCUT2D eigenvalue weighted by molar-refractivity contribution is 7.05. The summed E-state index contributed by atoms with van der Waals surface area (Å²) in [5.74, 6) is 0.968. The molecule has 0 amide bonds. The van der Waals surface area contributed by atoms with Crippen LogP contribution >= 0.6 is 11.5 Å². The molecule has 0 saturated carbocycles. The topological polar surface area (TPSA) is 80.2 Å². The molecule has 0 aromatic carbocycles. The lowest BCUT2D eigenvalue weighted by molar-refractivity contribution is 0.881. The van der Waals surface area contributed by atoms with E-state index in [-0.39, 0.29) is 0 Å². The van der Waals surface area contributed by atoms with Crippen LogP contribution in [0.5, 0.6) is 0 Å². The van der Waals surface area contributed by atoms with E-state index in [1.165, 1.54) is 11.5 Å². The molecule has 0 radical (unpaired) electrons. The summed E-state index contributed by atoms with van der Waals surface area (Å²) in [4.78, 5) is 4.08. The average molecular weight is 168 g/mol. The molecule has 2 heterocycles. The first-order valence-corrected chi connectivity index (χ1v) is 3.68. The highest BCUT2D eigenvalue weighted by Crippen LogP contribution is 2.10. The Morgan fingerprint density at radius 3 is 2.82 bits per heavy atom. The van der Waals surface area contributed by atoms with Crippen molar-refractivity contribution in [3.63, 3.8) is 0 Å². The molecule has 2 rings (SSSR count). The zero-order chi connectivity index (χ0) is 7.68. The van der Waals surface area contributed by atoms with Crippen molar-refractivity contribution < 1.29 is 0 Å². The van der Waals surface area contributed by atoms with Crippen molar-refractivity contribution in [2.75, 3.05) is 0 Å². The number of nitrogens with one attached hydrogen (secondary N) is 1. The van der Waals surface area contributed by atoms with Gasteiger partial charge in [-0.3, -0.25) is 0 Å². The van der Waals surface area contributed by atoms with Gasteiger partial charge in [0.05, 0.1) is 0 Å². The third-order valence-corrected chi connectivity index (χ3v) is 1.69. The van der Waals surface area contributed by atoms with E-state index in [0.29, 0.717) is 11.6 Å². The Bertz CT molecular complexity index is 337. The average Bonchev–Trinajstić information content (AvgIpc) is 2.55. The molecule has 0 saturated heterocycles. The monoisotopic (exact) mass is 168 g/mol. The zero-order valence-corrected chi connectivity index (χ0v) is 6.46. The number of H-pyrrole nitrogens is 1. The summed E-state index contributed by atoms with van der Waals surface area (Å²) in [5.41, 5.74) is 0. The first kappa shape index (κ1) is 6.35. The van der Waals surface area contributed by atoms with Crippen LogP contribution in [0.1, 0.15) is 5.01 Å². The second-order valence-electron chi connectivity index (χ2n) is 1.87. The molecular formula is C4H4N6S. The van der Waals surface area contributed by atoms with E-state index in [2.05, 4.69) is 30.0 Å². The maximum Gasteiger partial charge on any atom is 0.242 e. The molecule has 0 aliphatic rings. The fourth-order valence-corrected chi connectivity index (χ4v) is 1.11. The molecule has 0 fully saturated rings. The van der Waals surface area contributed by atoms with Crippen LogP contribution in [0.15, 0.2) is 0 Å². The summed E-state index contributed by atoms with van der Waals surface area (Å²) < 4.78 is 4.00. The molecule has 7 heteroatoms. The first-order chi connectivity index (χ1) is 5.36. The zero-order valence-electron chi connectivity index (χ0n) is 5.64. The number of hydrogen-bond acceptors (Lipinski definition) is 6. The van der Waals surface area contributed by atoms with Gasteiger partial charge in [0.2, 0.25) is 11.6 Å². The fraction of sp³-hybridized carbons (Fsp3) is 0.250. The van der Waals surface area contributed by atoms with Crippen LogP contribution in [-0.4, -0.2) is 30.0 Å². The van der Waals surface area contributed by atoms with Gasteiger partial charge in [0.15, 0.2) is 0 Å². The molecule has 0 bridgehead atoms. The van der Waals surface area contributed by atoms with Crippen molar-refractivity contribution in [3.05, 3.63) is 5.01 Å². The Morgan fingerprint density at radius 1 is 1.36 bits per heavy atom. The van der Waals surface area contributed by atoms with E-state index < -0.39 is 0 Å². The summed E-state index contributed by atoms with van der Waals surface area (Å²) in [6, 6.07) is 0. The van der Waals surface area contributed by atoms with E-state index >= 15 is 0 Å². The Hall–Kier alpha value is -1.37. The Labute approximate surface area is 65.8 Å². The quantitative estimate of drug-likeness (QED) is 0.649. The Kier molecular flexibility index (Phi) is 1.35. The van der Waals surface area contributed by atoms with Crippen LogP contribution in [0.3, 0.4) is 0 Å². The number of rotatable bonds is 1.